The average Bonchev–Trinajstić information content (AvgIpc) is 2.11. The Morgan fingerprint density at radius 1 is 1.30 bits per heavy atom. The molecule has 0 aromatic heterocycles. The molecular weight excluding hydrogens is 118 g/mol. The number of hydrogen-bond donors (Lipinski definition) is 0. The van der Waals surface area contributed by atoms with Crippen molar-refractivity contribution in [3.63, 3.8) is 0 Å². The molecule has 0 heterocycles. The molecule has 4 radical (unpaired) electrons. The molecule has 0 saturated heterocycles. The second-order valence-corrected chi connectivity index (χ2v) is 3.98. The zero-order chi connectivity index (χ0) is 7.78. The van der Waals surface area contributed by atoms with E-state index in [-0.39, 0.29) is 0 Å². The molecule has 0 bridgehead atoms. The van der Waals surface area contributed by atoms with E-state index in [0.29, 0.717) is 5.92 Å². The van der Waals surface area contributed by atoms with Crippen LogP contribution in [-0.4, -0.2) is 15.7 Å². The van der Waals surface area contributed by atoms with Crippen LogP contribution >= 0.6 is 0 Å². The largest absolute Gasteiger partial charge is 0.0990 e. The van der Waals surface area contributed by atoms with E-state index in [1.807, 2.05) is 6.92 Å². The Bertz CT molecular complexity index is 115. The molecule has 0 aliphatic heterocycles. The molecule has 1 aliphatic carbocycles. The van der Waals surface area contributed by atoms with Crippen LogP contribution in [0.15, 0.2) is 0 Å². The van der Waals surface area contributed by atoms with E-state index in [0.717, 1.165) is 5.92 Å². The predicted octanol–water partition coefficient (Wildman–Crippen LogP) is 1.90. The minimum atomic E-state index is -0.440. The number of rotatable bonds is 1. The average molecular weight is 132 g/mol. The zero-order valence-electron chi connectivity index (χ0n) is 6.93. The van der Waals surface area contributed by atoms with Crippen LogP contribution < -0.4 is 0 Å². The second-order valence-electron chi connectivity index (χ2n) is 3.98. The Morgan fingerprint density at radius 2 is 1.90 bits per heavy atom. The Kier molecular flexibility index (Phi) is 2.17. The van der Waals surface area contributed by atoms with Crippen LogP contribution in [-0.2, 0) is 0 Å². The third-order valence-corrected chi connectivity index (χ3v) is 2.57. The van der Waals surface area contributed by atoms with Gasteiger partial charge in [-0.05, 0) is 12.3 Å². The highest BCUT2D eigenvalue weighted by molar-refractivity contribution is 6.39. The summed E-state index contributed by atoms with van der Waals surface area (Å²) in [7, 11) is 11.6. The maximum absolute atomic E-state index is 5.78. The molecule has 0 aromatic carbocycles. The summed E-state index contributed by atoms with van der Waals surface area (Å²) in [4.78, 5) is 0. The van der Waals surface area contributed by atoms with Crippen molar-refractivity contribution in [3.8, 4) is 0 Å². The lowest BCUT2D eigenvalue weighted by molar-refractivity contribution is 0.468. The molecule has 1 aliphatic rings. The van der Waals surface area contributed by atoms with Crippen molar-refractivity contribution < 1.29 is 0 Å². The lowest BCUT2D eigenvalue weighted by Gasteiger charge is -2.27. The van der Waals surface area contributed by atoms with Gasteiger partial charge in [-0.2, -0.15) is 0 Å². The summed E-state index contributed by atoms with van der Waals surface area (Å²) in [6.07, 6.45) is 3.73. The first-order valence-electron chi connectivity index (χ1n) is 4.08. The molecule has 0 aromatic rings. The molecule has 10 heavy (non-hydrogen) atoms. The molecule has 0 N–H and O–H groups in total. The van der Waals surface area contributed by atoms with Gasteiger partial charge in [0.2, 0.25) is 0 Å². The minimum Gasteiger partial charge on any atom is -0.0990 e. The second kappa shape index (κ2) is 2.64. The molecule has 52 valence electrons. The molecule has 0 spiro atoms. The first-order valence-corrected chi connectivity index (χ1v) is 4.08. The van der Waals surface area contributed by atoms with E-state index in [1.54, 1.807) is 0 Å². The van der Waals surface area contributed by atoms with Gasteiger partial charge in [-0.3, -0.25) is 0 Å². The van der Waals surface area contributed by atoms with Crippen LogP contribution in [0.4, 0.5) is 0 Å². The van der Waals surface area contributed by atoms with Gasteiger partial charge in [0.05, 0.1) is 15.7 Å². The molecule has 1 saturated carbocycles. The standard InChI is InChI=1S/C8H14B2/c1-6-3-4-7(5-6)8(2,9)10/h6-7H,3-5H2,1-2H3. The normalized spacial score (nSPS) is 34.6. The van der Waals surface area contributed by atoms with Crippen LogP contribution in [0, 0.1) is 11.8 Å². The van der Waals surface area contributed by atoms with Crippen molar-refractivity contribution in [2.45, 2.75) is 38.3 Å². The fourth-order valence-corrected chi connectivity index (χ4v) is 1.77. The molecule has 2 unspecified atom stereocenters. The van der Waals surface area contributed by atoms with Crippen LogP contribution in [0.5, 0.6) is 0 Å². The van der Waals surface area contributed by atoms with Crippen molar-refractivity contribution in [3.05, 3.63) is 0 Å². The topological polar surface area (TPSA) is 0 Å². The highest BCUT2D eigenvalue weighted by Gasteiger charge is 2.29. The molecule has 0 amide bonds. The molecule has 2 heteroatoms. The van der Waals surface area contributed by atoms with E-state index in [9.17, 15) is 0 Å². The highest BCUT2D eigenvalue weighted by Crippen LogP contribution is 2.42. The highest BCUT2D eigenvalue weighted by atomic mass is 14.3. The zero-order valence-corrected chi connectivity index (χ0v) is 6.93. The fourth-order valence-electron chi connectivity index (χ4n) is 1.77. The Labute approximate surface area is 66.6 Å². The van der Waals surface area contributed by atoms with E-state index in [2.05, 4.69) is 6.92 Å². The van der Waals surface area contributed by atoms with Crippen molar-refractivity contribution in [2.75, 3.05) is 0 Å². The molecule has 2 atom stereocenters. The Balaban J connectivity index is 2.45. The maximum Gasteiger partial charge on any atom is 0.0620 e. The van der Waals surface area contributed by atoms with E-state index >= 15 is 0 Å². The van der Waals surface area contributed by atoms with Crippen LogP contribution in [0.3, 0.4) is 0 Å². The summed E-state index contributed by atoms with van der Waals surface area (Å²) in [5, 5.41) is -0.440. The fraction of sp³-hybridized carbons (Fsp3) is 1.00. The number of hydrogen-bond acceptors (Lipinski definition) is 0. The Hall–Kier alpha value is 0.130. The Morgan fingerprint density at radius 3 is 2.10 bits per heavy atom. The lowest BCUT2D eigenvalue weighted by Crippen LogP contribution is -2.18. The monoisotopic (exact) mass is 132 g/mol. The van der Waals surface area contributed by atoms with Gasteiger partial charge in [-0.15, -0.1) is 0 Å². The van der Waals surface area contributed by atoms with Gasteiger partial charge in [0.25, 0.3) is 0 Å². The van der Waals surface area contributed by atoms with Gasteiger partial charge < -0.3 is 0 Å². The van der Waals surface area contributed by atoms with Gasteiger partial charge in [0.1, 0.15) is 0 Å². The van der Waals surface area contributed by atoms with E-state index in [1.165, 1.54) is 19.3 Å². The summed E-state index contributed by atoms with van der Waals surface area (Å²) >= 11 is 0. The molecular formula is C8H14B2. The third-order valence-electron chi connectivity index (χ3n) is 2.57. The SMILES string of the molecule is [B]C([B])(C)C1CCC(C)C1. The quantitative estimate of drug-likeness (QED) is 0.477. The minimum absolute atomic E-state index is 0.440. The first kappa shape index (κ1) is 8.23. The van der Waals surface area contributed by atoms with E-state index in [4.69, 9.17) is 15.7 Å². The molecule has 1 rings (SSSR count). The van der Waals surface area contributed by atoms with Gasteiger partial charge in [0.15, 0.2) is 0 Å². The van der Waals surface area contributed by atoms with Gasteiger partial charge in [-0.1, -0.05) is 37.8 Å². The molecule has 0 nitrogen and oxygen atoms in total. The summed E-state index contributed by atoms with van der Waals surface area (Å²) in [6, 6.07) is 0. The van der Waals surface area contributed by atoms with Gasteiger partial charge in [0, 0.05) is 0 Å². The van der Waals surface area contributed by atoms with Gasteiger partial charge >= 0.3 is 0 Å². The van der Waals surface area contributed by atoms with Gasteiger partial charge in [-0.25, -0.2) is 0 Å². The summed E-state index contributed by atoms with van der Waals surface area (Å²) in [5.41, 5.74) is 0. The van der Waals surface area contributed by atoms with Crippen LogP contribution in [0.2, 0.25) is 5.21 Å². The summed E-state index contributed by atoms with van der Waals surface area (Å²) in [6.45, 7) is 4.20. The smallest absolute Gasteiger partial charge is 0.0620 e. The van der Waals surface area contributed by atoms with Crippen molar-refractivity contribution in [1.29, 1.82) is 0 Å². The first-order chi connectivity index (χ1) is 4.50. The predicted molar refractivity (Wildman–Crippen MR) is 46.4 cm³/mol. The van der Waals surface area contributed by atoms with E-state index < -0.39 is 5.21 Å². The third kappa shape index (κ3) is 1.81. The van der Waals surface area contributed by atoms with Crippen molar-refractivity contribution >= 4 is 15.7 Å². The van der Waals surface area contributed by atoms with Crippen molar-refractivity contribution in [2.24, 2.45) is 11.8 Å². The molecule has 1 fully saturated rings. The van der Waals surface area contributed by atoms with Crippen LogP contribution in [0.25, 0.3) is 0 Å². The van der Waals surface area contributed by atoms with Crippen LogP contribution in [0.1, 0.15) is 33.1 Å². The van der Waals surface area contributed by atoms with Crippen molar-refractivity contribution in [1.82, 2.24) is 0 Å². The maximum atomic E-state index is 5.78. The summed E-state index contributed by atoms with van der Waals surface area (Å²) < 4.78 is 0. The lowest BCUT2D eigenvalue weighted by atomic mass is 9.49. The summed E-state index contributed by atoms with van der Waals surface area (Å²) in [5.74, 6) is 1.37.